The highest BCUT2D eigenvalue weighted by Gasteiger charge is 2.26. The first-order chi connectivity index (χ1) is 13.2. The maximum absolute atomic E-state index is 12.8. The minimum atomic E-state index is -0.398. The lowest BCUT2D eigenvalue weighted by molar-refractivity contribution is -0.139. The molecule has 0 saturated carbocycles. The molecule has 3 aromatic rings. The minimum Gasteiger partial charge on any atom is -0.484 e. The molecule has 0 spiro atoms. The summed E-state index contributed by atoms with van der Waals surface area (Å²) in [5, 5.41) is 9.99. The van der Waals surface area contributed by atoms with E-state index in [0.717, 1.165) is 16.7 Å². The molecule has 3 rings (SSSR count). The molecule has 0 radical (unpaired) electrons. The zero-order valence-electron chi connectivity index (χ0n) is 15.3. The Hall–Kier alpha value is -3.11. The van der Waals surface area contributed by atoms with Crippen molar-refractivity contribution in [3.8, 4) is 5.75 Å². The van der Waals surface area contributed by atoms with Crippen molar-refractivity contribution in [3.63, 3.8) is 0 Å². The smallest absolute Gasteiger partial charge is 0.263 e. The van der Waals surface area contributed by atoms with Crippen LogP contribution < -0.4 is 4.74 Å². The fraction of sp³-hybridized carbons (Fsp3) is 0.174. The number of hydrogen-bond acceptors (Lipinski definition) is 3. The van der Waals surface area contributed by atoms with Gasteiger partial charge in [-0.15, -0.1) is 0 Å². The van der Waals surface area contributed by atoms with E-state index < -0.39 is 6.73 Å². The van der Waals surface area contributed by atoms with Gasteiger partial charge in [0.2, 0.25) is 0 Å². The average Bonchev–Trinajstić information content (AvgIpc) is 2.72. The number of nitrogens with zero attached hydrogens (tertiary/aromatic N) is 1. The number of hydrogen-bond donors (Lipinski definition) is 1. The summed E-state index contributed by atoms with van der Waals surface area (Å²) < 4.78 is 5.59. The van der Waals surface area contributed by atoms with Crippen molar-refractivity contribution in [2.24, 2.45) is 0 Å². The van der Waals surface area contributed by atoms with Gasteiger partial charge in [-0.05, 0) is 30.2 Å². The number of ether oxygens (including phenoxy) is 1. The molecular formula is C23H23NO3. The van der Waals surface area contributed by atoms with Gasteiger partial charge in [-0.2, -0.15) is 0 Å². The third-order valence-corrected chi connectivity index (χ3v) is 4.40. The predicted octanol–water partition coefficient (Wildman–Crippen LogP) is 3.94. The first-order valence-electron chi connectivity index (χ1n) is 8.88. The molecular weight excluding hydrogens is 338 g/mol. The van der Waals surface area contributed by atoms with Crippen LogP contribution >= 0.6 is 0 Å². The minimum absolute atomic E-state index is 0.139. The number of rotatable bonds is 7. The van der Waals surface area contributed by atoms with E-state index >= 15 is 0 Å². The number of amides is 1. The van der Waals surface area contributed by atoms with Gasteiger partial charge in [0, 0.05) is 0 Å². The standard InChI is InChI=1S/C23H23NO3/c1-18-12-14-20(15-13-18)23(19-8-4-2-5-9-19)24(17-25)22(26)16-27-21-10-6-3-7-11-21/h2-15,23,25H,16-17H2,1H3. The van der Waals surface area contributed by atoms with Crippen LogP contribution in [0.3, 0.4) is 0 Å². The highest BCUT2D eigenvalue weighted by atomic mass is 16.5. The third-order valence-electron chi connectivity index (χ3n) is 4.40. The maximum atomic E-state index is 12.8. The molecule has 138 valence electrons. The van der Waals surface area contributed by atoms with Crippen LogP contribution in [0.2, 0.25) is 0 Å². The van der Waals surface area contributed by atoms with E-state index in [1.54, 1.807) is 12.1 Å². The Morgan fingerprint density at radius 2 is 1.44 bits per heavy atom. The van der Waals surface area contributed by atoms with Crippen LogP contribution in [0.4, 0.5) is 0 Å². The van der Waals surface area contributed by atoms with E-state index in [4.69, 9.17) is 4.74 Å². The summed E-state index contributed by atoms with van der Waals surface area (Å²) in [5.41, 5.74) is 3.01. The second-order valence-electron chi connectivity index (χ2n) is 6.33. The van der Waals surface area contributed by atoms with Gasteiger partial charge in [-0.25, -0.2) is 0 Å². The summed E-state index contributed by atoms with van der Waals surface area (Å²) in [4.78, 5) is 14.3. The van der Waals surface area contributed by atoms with Crippen molar-refractivity contribution in [1.82, 2.24) is 4.90 Å². The quantitative estimate of drug-likeness (QED) is 0.649. The molecule has 0 aliphatic rings. The van der Waals surface area contributed by atoms with Crippen molar-refractivity contribution in [2.45, 2.75) is 13.0 Å². The number of benzene rings is 3. The van der Waals surface area contributed by atoms with Crippen molar-refractivity contribution >= 4 is 5.91 Å². The lowest BCUT2D eigenvalue weighted by atomic mass is 9.96. The van der Waals surface area contributed by atoms with Gasteiger partial charge in [-0.3, -0.25) is 4.79 Å². The Balaban J connectivity index is 1.86. The van der Waals surface area contributed by atoms with Gasteiger partial charge in [0.05, 0.1) is 6.04 Å². The fourth-order valence-electron chi connectivity index (χ4n) is 2.99. The number of carbonyl (C=O) groups is 1. The van der Waals surface area contributed by atoms with E-state index in [1.807, 2.05) is 79.7 Å². The zero-order valence-corrected chi connectivity index (χ0v) is 15.3. The molecule has 1 amide bonds. The van der Waals surface area contributed by atoms with E-state index in [1.165, 1.54) is 4.90 Å². The molecule has 4 heteroatoms. The second kappa shape index (κ2) is 9.01. The first-order valence-corrected chi connectivity index (χ1v) is 8.88. The van der Waals surface area contributed by atoms with Crippen LogP contribution in [0.15, 0.2) is 84.9 Å². The van der Waals surface area contributed by atoms with Gasteiger partial charge in [0.15, 0.2) is 6.61 Å². The van der Waals surface area contributed by atoms with Gasteiger partial charge >= 0.3 is 0 Å². The largest absolute Gasteiger partial charge is 0.484 e. The van der Waals surface area contributed by atoms with Crippen LogP contribution in [0.25, 0.3) is 0 Å². The Morgan fingerprint density at radius 1 is 0.889 bits per heavy atom. The van der Waals surface area contributed by atoms with Gasteiger partial charge < -0.3 is 14.7 Å². The molecule has 1 unspecified atom stereocenters. The Labute approximate surface area is 159 Å². The van der Waals surface area contributed by atoms with E-state index in [0.29, 0.717) is 5.75 Å². The van der Waals surface area contributed by atoms with Gasteiger partial charge in [-0.1, -0.05) is 78.4 Å². The topological polar surface area (TPSA) is 49.8 Å². The summed E-state index contributed by atoms with van der Waals surface area (Å²) in [6, 6.07) is 26.5. The van der Waals surface area contributed by atoms with Crippen LogP contribution in [0.5, 0.6) is 5.75 Å². The van der Waals surface area contributed by atoms with Gasteiger partial charge in [0.1, 0.15) is 12.5 Å². The van der Waals surface area contributed by atoms with Crippen molar-refractivity contribution in [2.75, 3.05) is 13.3 Å². The molecule has 4 nitrogen and oxygen atoms in total. The van der Waals surface area contributed by atoms with E-state index in [2.05, 4.69) is 0 Å². The molecule has 0 aromatic heterocycles. The molecule has 0 heterocycles. The SMILES string of the molecule is Cc1ccc(C(c2ccccc2)N(CO)C(=O)COc2ccccc2)cc1. The lowest BCUT2D eigenvalue weighted by Crippen LogP contribution is -2.39. The predicted molar refractivity (Wildman–Crippen MR) is 105 cm³/mol. The Kier molecular flexibility index (Phi) is 6.23. The summed E-state index contributed by atoms with van der Waals surface area (Å²) in [5.74, 6) is 0.339. The number of aliphatic hydroxyl groups is 1. The molecule has 27 heavy (non-hydrogen) atoms. The average molecular weight is 361 g/mol. The molecule has 0 aliphatic heterocycles. The van der Waals surface area contributed by atoms with Crippen LogP contribution in [0, 0.1) is 6.92 Å². The number of para-hydroxylation sites is 1. The van der Waals surface area contributed by atoms with Crippen molar-refractivity contribution in [1.29, 1.82) is 0 Å². The monoisotopic (exact) mass is 361 g/mol. The molecule has 0 saturated heterocycles. The highest BCUT2D eigenvalue weighted by molar-refractivity contribution is 5.78. The van der Waals surface area contributed by atoms with Crippen molar-refractivity contribution < 1.29 is 14.6 Å². The molecule has 1 N–H and O–H groups in total. The number of aliphatic hydroxyl groups excluding tert-OH is 1. The van der Waals surface area contributed by atoms with Crippen LogP contribution in [-0.4, -0.2) is 29.3 Å². The molecule has 0 bridgehead atoms. The van der Waals surface area contributed by atoms with Gasteiger partial charge in [0.25, 0.3) is 5.91 Å². The fourth-order valence-corrected chi connectivity index (χ4v) is 2.99. The maximum Gasteiger partial charge on any atom is 0.263 e. The summed E-state index contributed by atoms with van der Waals surface area (Å²) >= 11 is 0. The Morgan fingerprint density at radius 3 is 2.04 bits per heavy atom. The summed E-state index contributed by atoms with van der Waals surface area (Å²) in [6.07, 6.45) is 0. The zero-order chi connectivity index (χ0) is 19.1. The number of aryl methyl sites for hydroxylation is 1. The second-order valence-corrected chi connectivity index (χ2v) is 6.33. The molecule has 0 fully saturated rings. The van der Waals surface area contributed by atoms with E-state index in [-0.39, 0.29) is 18.6 Å². The third kappa shape index (κ3) is 4.74. The van der Waals surface area contributed by atoms with Crippen molar-refractivity contribution in [3.05, 3.63) is 102 Å². The molecule has 3 aromatic carbocycles. The summed E-state index contributed by atoms with van der Waals surface area (Å²) in [6.45, 7) is 1.48. The molecule has 0 aliphatic carbocycles. The Bertz CT molecular complexity index is 848. The van der Waals surface area contributed by atoms with Crippen LogP contribution in [0.1, 0.15) is 22.7 Å². The normalized spacial score (nSPS) is 11.6. The first kappa shape index (κ1) is 18.7. The summed E-state index contributed by atoms with van der Waals surface area (Å²) in [7, 11) is 0. The molecule has 1 atom stereocenters. The number of carbonyl (C=O) groups excluding carboxylic acids is 1. The van der Waals surface area contributed by atoms with Crippen LogP contribution in [-0.2, 0) is 4.79 Å². The lowest BCUT2D eigenvalue weighted by Gasteiger charge is -2.31. The van der Waals surface area contributed by atoms with E-state index in [9.17, 15) is 9.90 Å². The highest BCUT2D eigenvalue weighted by Crippen LogP contribution is 2.29.